The third kappa shape index (κ3) is 5.81. The summed E-state index contributed by atoms with van der Waals surface area (Å²) in [5.74, 6) is -1.17. The van der Waals surface area contributed by atoms with E-state index in [4.69, 9.17) is 0 Å². The lowest BCUT2D eigenvalue weighted by molar-refractivity contribution is -0.385. The Hall–Kier alpha value is -4.26. The Labute approximate surface area is 196 Å². The zero-order valence-corrected chi connectivity index (χ0v) is 18.4. The van der Waals surface area contributed by atoms with Gasteiger partial charge in [0.05, 0.1) is 26.5 Å². The van der Waals surface area contributed by atoms with Crippen LogP contribution in [0.2, 0.25) is 0 Å². The van der Waals surface area contributed by atoms with Gasteiger partial charge in [-0.15, -0.1) is 13.2 Å². The number of nitrogens with one attached hydrogen (secondary N) is 1. The first-order chi connectivity index (χ1) is 16.5. The van der Waals surface area contributed by atoms with Crippen LogP contribution >= 0.6 is 0 Å². The molecule has 0 aliphatic heterocycles. The normalized spacial score (nSPS) is 11.9. The summed E-state index contributed by atoms with van der Waals surface area (Å²) in [6.07, 6.45) is -4.89. The van der Waals surface area contributed by atoms with Crippen LogP contribution in [0.4, 0.5) is 30.4 Å². The van der Waals surface area contributed by atoms with Crippen LogP contribution in [0.25, 0.3) is 11.0 Å². The van der Waals surface area contributed by atoms with E-state index >= 15 is 0 Å². The number of benzene rings is 3. The van der Waals surface area contributed by atoms with E-state index in [1.807, 2.05) is 0 Å². The van der Waals surface area contributed by atoms with Gasteiger partial charge in [-0.05, 0) is 30.3 Å². The molecule has 0 fully saturated rings. The molecule has 0 spiro atoms. The SMILES string of the molecule is O=[N+]([O-])c1cccc(S(=O)(=O)Cc2nc3ccccc3nc2Nc2cccc(OC(F)(F)F)c2)c1. The van der Waals surface area contributed by atoms with Crippen molar-refractivity contribution >= 4 is 38.1 Å². The maximum atomic E-state index is 13.1. The number of nitrogens with zero attached hydrogens (tertiary/aromatic N) is 3. The lowest BCUT2D eigenvalue weighted by Crippen LogP contribution is -2.17. The first-order valence-corrected chi connectivity index (χ1v) is 11.5. The van der Waals surface area contributed by atoms with E-state index in [9.17, 15) is 31.7 Å². The molecule has 0 atom stereocenters. The van der Waals surface area contributed by atoms with Crippen molar-refractivity contribution in [2.75, 3.05) is 5.32 Å². The third-order valence-corrected chi connectivity index (χ3v) is 6.31. The van der Waals surface area contributed by atoms with Gasteiger partial charge >= 0.3 is 6.36 Å². The molecule has 0 amide bonds. The fourth-order valence-electron chi connectivity index (χ4n) is 3.20. The van der Waals surface area contributed by atoms with E-state index in [-0.39, 0.29) is 22.1 Å². The Bertz CT molecular complexity index is 1530. The van der Waals surface area contributed by atoms with Gasteiger partial charge in [0, 0.05) is 23.9 Å². The Balaban J connectivity index is 1.74. The average molecular weight is 504 g/mol. The predicted molar refractivity (Wildman–Crippen MR) is 120 cm³/mol. The van der Waals surface area contributed by atoms with Crippen molar-refractivity contribution in [2.24, 2.45) is 0 Å². The number of nitro benzene ring substituents is 1. The van der Waals surface area contributed by atoms with E-state index < -0.39 is 38.3 Å². The molecule has 9 nitrogen and oxygen atoms in total. The van der Waals surface area contributed by atoms with E-state index in [2.05, 4.69) is 20.0 Å². The standard InChI is InChI=1S/C22H15F3N4O5S/c23-22(24,25)34-16-7-3-5-14(11-16)26-21-20(27-18-9-1-2-10-19(18)28-21)13-35(32,33)17-8-4-6-15(12-17)29(30)31/h1-12H,13H2,(H,26,28). The molecular weight excluding hydrogens is 489 g/mol. The fourth-order valence-corrected chi connectivity index (χ4v) is 4.51. The maximum absolute atomic E-state index is 13.1. The number of aromatic nitrogens is 2. The highest BCUT2D eigenvalue weighted by molar-refractivity contribution is 7.90. The van der Waals surface area contributed by atoms with E-state index in [0.29, 0.717) is 11.0 Å². The lowest BCUT2D eigenvalue weighted by Gasteiger charge is -2.14. The number of para-hydroxylation sites is 2. The second kappa shape index (κ2) is 9.18. The molecule has 4 aromatic rings. The van der Waals surface area contributed by atoms with Crippen molar-refractivity contribution in [2.45, 2.75) is 17.0 Å². The molecule has 1 aromatic heterocycles. The molecule has 0 aliphatic rings. The van der Waals surface area contributed by atoms with Crippen molar-refractivity contribution in [3.8, 4) is 5.75 Å². The molecule has 0 saturated heterocycles. The number of rotatable bonds is 7. The van der Waals surface area contributed by atoms with Crippen molar-refractivity contribution in [1.29, 1.82) is 0 Å². The van der Waals surface area contributed by atoms with Gasteiger partial charge in [-0.1, -0.05) is 24.3 Å². The average Bonchev–Trinajstić information content (AvgIpc) is 2.78. The Morgan fingerprint density at radius 3 is 2.31 bits per heavy atom. The molecular formula is C22H15F3N4O5S. The van der Waals surface area contributed by atoms with Gasteiger partial charge in [0.25, 0.3) is 5.69 Å². The minimum absolute atomic E-state index is 0.0122. The van der Waals surface area contributed by atoms with E-state index in [0.717, 1.165) is 24.3 Å². The van der Waals surface area contributed by atoms with Gasteiger partial charge in [-0.3, -0.25) is 10.1 Å². The minimum Gasteiger partial charge on any atom is -0.406 e. The molecule has 3 aromatic carbocycles. The number of ether oxygens (including phenoxy) is 1. The zero-order valence-electron chi connectivity index (χ0n) is 17.6. The molecule has 13 heteroatoms. The fraction of sp³-hybridized carbons (Fsp3) is 0.0909. The minimum atomic E-state index is -4.89. The molecule has 35 heavy (non-hydrogen) atoms. The first-order valence-electron chi connectivity index (χ1n) is 9.86. The number of alkyl halides is 3. The topological polar surface area (TPSA) is 124 Å². The molecule has 0 radical (unpaired) electrons. The van der Waals surface area contributed by atoms with Gasteiger partial charge in [0.15, 0.2) is 15.7 Å². The second-order valence-corrected chi connectivity index (χ2v) is 9.21. The monoisotopic (exact) mass is 504 g/mol. The predicted octanol–water partition coefficient (Wildman–Crippen LogP) is 5.15. The number of hydrogen-bond acceptors (Lipinski definition) is 8. The number of halogens is 3. The van der Waals surface area contributed by atoms with Crippen LogP contribution in [-0.4, -0.2) is 29.7 Å². The number of fused-ring (bicyclic) bond motifs is 1. The van der Waals surface area contributed by atoms with Crippen LogP contribution in [0.5, 0.6) is 5.75 Å². The summed E-state index contributed by atoms with van der Waals surface area (Å²) in [5, 5.41) is 13.9. The number of sulfone groups is 1. The summed E-state index contributed by atoms with van der Waals surface area (Å²) in [5.41, 5.74) is 0.517. The van der Waals surface area contributed by atoms with Crippen molar-refractivity contribution in [1.82, 2.24) is 9.97 Å². The highest BCUT2D eigenvalue weighted by Crippen LogP contribution is 2.29. The Morgan fingerprint density at radius 1 is 0.943 bits per heavy atom. The molecule has 4 rings (SSSR count). The number of non-ortho nitro benzene ring substituents is 1. The summed E-state index contributed by atoms with van der Waals surface area (Å²) >= 11 is 0. The molecule has 0 aliphatic carbocycles. The van der Waals surface area contributed by atoms with Crippen molar-refractivity contribution in [3.63, 3.8) is 0 Å². The van der Waals surface area contributed by atoms with E-state index in [1.165, 1.54) is 24.3 Å². The van der Waals surface area contributed by atoms with Gasteiger partial charge < -0.3 is 10.1 Å². The number of hydrogen-bond donors (Lipinski definition) is 1. The smallest absolute Gasteiger partial charge is 0.406 e. The van der Waals surface area contributed by atoms with Crippen LogP contribution in [0.15, 0.2) is 77.7 Å². The summed E-state index contributed by atoms with van der Waals surface area (Å²) in [4.78, 5) is 18.8. The van der Waals surface area contributed by atoms with Gasteiger partial charge in [0.1, 0.15) is 11.5 Å². The number of anilines is 2. The Kier molecular flexibility index (Phi) is 6.26. The first kappa shape index (κ1) is 23.9. The summed E-state index contributed by atoms with van der Waals surface area (Å²) in [6.45, 7) is 0. The number of nitro groups is 1. The van der Waals surface area contributed by atoms with Crippen molar-refractivity contribution < 1.29 is 31.2 Å². The van der Waals surface area contributed by atoms with Crippen LogP contribution in [0, 0.1) is 10.1 Å². The summed E-state index contributed by atoms with van der Waals surface area (Å²) in [7, 11) is -4.11. The zero-order chi connectivity index (χ0) is 25.2. The summed E-state index contributed by atoms with van der Waals surface area (Å²) in [6, 6.07) is 16.1. The largest absolute Gasteiger partial charge is 0.573 e. The molecule has 1 heterocycles. The lowest BCUT2D eigenvalue weighted by atomic mass is 10.2. The van der Waals surface area contributed by atoms with Gasteiger partial charge in [0.2, 0.25) is 0 Å². The molecule has 1 N–H and O–H groups in total. The van der Waals surface area contributed by atoms with Gasteiger partial charge in [-0.25, -0.2) is 18.4 Å². The highest BCUT2D eigenvalue weighted by atomic mass is 32.2. The molecule has 0 unspecified atom stereocenters. The highest BCUT2D eigenvalue weighted by Gasteiger charge is 2.31. The summed E-state index contributed by atoms with van der Waals surface area (Å²) < 4.78 is 67.8. The van der Waals surface area contributed by atoms with Crippen LogP contribution in [0.1, 0.15) is 5.69 Å². The van der Waals surface area contributed by atoms with E-state index in [1.54, 1.807) is 24.3 Å². The van der Waals surface area contributed by atoms with Crippen LogP contribution in [-0.2, 0) is 15.6 Å². The van der Waals surface area contributed by atoms with Gasteiger partial charge in [-0.2, -0.15) is 0 Å². The second-order valence-electron chi connectivity index (χ2n) is 7.22. The Morgan fingerprint density at radius 2 is 1.63 bits per heavy atom. The van der Waals surface area contributed by atoms with Crippen LogP contribution in [0.3, 0.4) is 0 Å². The van der Waals surface area contributed by atoms with Crippen LogP contribution < -0.4 is 10.1 Å². The molecule has 0 saturated carbocycles. The molecule has 0 bridgehead atoms. The third-order valence-electron chi connectivity index (χ3n) is 4.69. The maximum Gasteiger partial charge on any atom is 0.573 e. The molecule has 180 valence electrons. The quantitative estimate of drug-likeness (QED) is 0.271. The van der Waals surface area contributed by atoms with Crippen molar-refractivity contribution in [3.05, 3.63) is 88.6 Å².